The second-order valence-corrected chi connectivity index (χ2v) is 11.3. The van der Waals surface area contributed by atoms with Crippen LogP contribution in [0.15, 0.2) is 18.3 Å². The molecule has 0 bridgehead atoms. The van der Waals surface area contributed by atoms with Crippen molar-refractivity contribution in [2.45, 2.75) is 32.4 Å². The molecule has 0 aliphatic carbocycles. The summed E-state index contributed by atoms with van der Waals surface area (Å²) in [5.74, 6) is -0.857. The van der Waals surface area contributed by atoms with Crippen LogP contribution in [0.3, 0.4) is 0 Å². The summed E-state index contributed by atoms with van der Waals surface area (Å²) < 4.78 is 23.2. The molecule has 3 aromatic rings. The van der Waals surface area contributed by atoms with Crippen molar-refractivity contribution in [2.75, 3.05) is 72.6 Å². The van der Waals surface area contributed by atoms with E-state index < -0.39 is 12.5 Å². The van der Waals surface area contributed by atoms with Gasteiger partial charge in [-0.2, -0.15) is 5.10 Å². The quantitative estimate of drug-likeness (QED) is 0.129. The van der Waals surface area contributed by atoms with E-state index in [1.54, 1.807) is 15.6 Å². The van der Waals surface area contributed by atoms with Crippen LogP contribution < -0.4 is 11.1 Å². The number of hydrogen-bond donors (Lipinski definition) is 4. The van der Waals surface area contributed by atoms with E-state index in [0.29, 0.717) is 93.5 Å². The number of ether oxygens (including phenoxy) is 4. The number of aliphatic hydroxyl groups excluding tert-OH is 1. The number of carbonyl (C=O) groups excluding carboxylic acids is 3. The lowest BCUT2D eigenvalue weighted by Crippen LogP contribution is -2.37. The highest BCUT2D eigenvalue weighted by atomic mass is 35.5. The Balaban J connectivity index is 1.15. The molecule has 14 nitrogen and oxygen atoms in total. The van der Waals surface area contributed by atoms with Crippen LogP contribution >= 0.6 is 23.2 Å². The predicted molar refractivity (Wildman–Crippen MR) is 170 cm³/mol. The van der Waals surface area contributed by atoms with Gasteiger partial charge in [0.1, 0.15) is 6.61 Å². The lowest BCUT2D eigenvalue weighted by molar-refractivity contribution is -0.135. The van der Waals surface area contributed by atoms with E-state index in [1.807, 2.05) is 12.3 Å². The molecular weight excluding hydrogens is 643 g/mol. The molecule has 3 heterocycles. The molecule has 1 aliphatic heterocycles. The highest BCUT2D eigenvalue weighted by molar-refractivity contribution is 6.45. The highest BCUT2D eigenvalue weighted by Crippen LogP contribution is 2.41. The first-order valence-electron chi connectivity index (χ1n) is 15.1. The Bertz CT molecular complexity index is 1480. The van der Waals surface area contributed by atoms with Gasteiger partial charge in [-0.15, -0.1) is 0 Å². The van der Waals surface area contributed by atoms with Crippen LogP contribution in [0.5, 0.6) is 0 Å². The maximum absolute atomic E-state index is 12.2. The van der Waals surface area contributed by atoms with E-state index >= 15 is 0 Å². The largest absolute Gasteiger partial charge is 0.387 e. The SMILES string of the molecule is NC(=O)CCOCCOCCOCCOCCC(=O)NCCn1ccc(-c2cc(Cl)c(Cl)c3[nH]c4c(c23)CN(C(=O)CO)CC4)n1. The molecule has 1 aliphatic rings. The number of nitrogens with two attached hydrogens (primary N) is 1. The molecule has 16 heteroatoms. The van der Waals surface area contributed by atoms with Gasteiger partial charge in [0.05, 0.1) is 80.7 Å². The minimum atomic E-state index is -0.544. The van der Waals surface area contributed by atoms with Crippen LogP contribution in [0, 0.1) is 0 Å². The fraction of sp³-hybridized carbons (Fsp3) is 0.533. The van der Waals surface area contributed by atoms with Gasteiger partial charge in [0.2, 0.25) is 17.7 Å². The van der Waals surface area contributed by atoms with Gasteiger partial charge in [-0.05, 0) is 12.1 Å². The van der Waals surface area contributed by atoms with Gasteiger partial charge in [0, 0.05) is 67.3 Å². The molecule has 4 rings (SSSR count). The topological polar surface area (TPSA) is 183 Å². The third-order valence-electron chi connectivity index (χ3n) is 7.29. The van der Waals surface area contributed by atoms with E-state index in [1.165, 1.54) is 0 Å². The summed E-state index contributed by atoms with van der Waals surface area (Å²) in [6, 6.07) is 3.64. The van der Waals surface area contributed by atoms with Crippen LogP contribution in [0.2, 0.25) is 10.0 Å². The standard InChI is InChI=1S/C30H40Cl2N6O8/c31-22-17-20(28-21-18-37(27(42)19-39)6-1-23(21)35-30(28)29(22)32)24-2-7-38(36-24)8-5-34-26(41)4-10-44-12-14-46-16-15-45-13-11-43-9-3-25(33)40/h2,7,17,35,39H,1,3-6,8-16,18-19H2,(H2,33,40)(H,34,41). The summed E-state index contributed by atoms with van der Waals surface area (Å²) in [6.45, 7) is 4.06. The minimum absolute atomic E-state index is 0.133. The average molecular weight is 684 g/mol. The van der Waals surface area contributed by atoms with Crippen molar-refractivity contribution in [3.05, 3.63) is 39.6 Å². The third kappa shape index (κ3) is 10.1. The maximum Gasteiger partial charge on any atom is 0.248 e. The average Bonchev–Trinajstić information content (AvgIpc) is 3.67. The summed E-state index contributed by atoms with van der Waals surface area (Å²) in [6.07, 6.45) is 2.84. The first kappa shape index (κ1) is 35.6. The zero-order valence-corrected chi connectivity index (χ0v) is 27.0. The fourth-order valence-corrected chi connectivity index (χ4v) is 5.38. The number of halogens is 2. The molecule has 3 amide bonds. The van der Waals surface area contributed by atoms with Crippen molar-refractivity contribution in [3.63, 3.8) is 0 Å². The number of nitrogens with zero attached hydrogens (tertiary/aromatic N) is 3. The van der Waals surface area contributed by atoms with Crippen molar-refractivity contribution in [2.24, 2.45) is 5.73 Å². The number of aromatic amines is 1. The number of benzene rings is 1. The number of nitrogens with one attached hydrogen (secondary N) is 2. The number of aliphatic hydroxyl groups is 1. The Morgan fingerprint density at radius 2 is 1.65 bits per heavy atom. The van der Waals surface area contributed by atoms with Crippen molar-refractivity contribution in [1.29, 1.82) is 0 Å². The number of H-pyrrole nitrogens is 1. The zero-order valence-electron chi connectivity index (χ0n) is 25.5. The van der Waals surface area contributed by atoms with Gasteiger partial charge < -0.3 is 45.0 Å². The van der Waals surface area contributed by atoms with Gasteiger partial charge in [-0.1, -0.05) is 23.2 Å². The molecule has 0 unspecified atom stereocenters. The number of amides is 3. The minimum Gasteiger partial charge on any atom is -0.387 e. The van der Waals surface area contributed by atoms with Crippen LogP contribution in [-0.4, -0.2) is 115 Å². The van der Waals surface area contributed by atoms with Gasteiger partial charge in [-0.3, -0.25) is 19.1 Å². The van der Waals surface area contributed by atoms with E-state index in [-0.39, 0.29) is 37.9 Å². The lowest BCUT2D eigenvalue weighted by Gasteiger charge is -2.26. The Hall–Kier alpha value is -3.24. The summed E-state index contributed by atoms with van der Waals surface area (Å²) in [4.78, 5) is 40.0. The van der Waals surface area contributed by atoms with Crippen molar-refractivity contribution in [3.8, 4) is 11.3 Å². The fourth-order valence-electron chi connectivity index (χ4n) is 4.98. The van der Waals surface area contributed by atoms with E-state index in [9.17, 15) is 19.5 Å². The van der Waals surface area contributed by atoms with Gasteiger partial charge in [-0.25, -0.2) is 0 Å². The monoisotopic (exact) mass is 682 g/mol. The number of hydrogen-bond acceptors (Lipinski definition) is 9. The summed E-state index contributed by atoms with van der Waals surface area (Å²) in [5.41, 5.74) is 9.07. The second kappa shape index (κ2) is 18.2. The Morgan fingerprint density at radius 3 is 2.30 bits per heavy atom. The van der Waals surface area contributed by atoms with Gasteiger partial charge in [0.25, 0.3) is 0 Å². The number of rotatable bonds is 20. The molecule has 1 aromatic carbocycles. The molecule has 0 atom stereocenters. The van der Waals surface area contributed by atoms with Crippen molar-refractivity contribution >= 4 is 51.8 Å². The first-order chi connectivity index (χ1) is 22.3. The van der Waals surface area contributed by atoms with Gasteiger partial charge in [0.15, 0.2) is 0 Å². The number of primary amides is 1. The molecule has 0 spiro atoms. The van der Waals surface area contributed by atoms with Crippen molar-refractivity contribution in [1.82, 2.24) is 25.0 Å². The Kier molecular flexibility index (Phi) is 14.1. The van der Waals surface area contributed by atoms with E-state index in [0.717, 1.165) is 22.2 Å². The third-order valence-corrected chi connectivity index (χ3v) is 8.08. The van der Waals surface area contributed by atoms with Crippen LogP contribution in [-0.2, 0) is 52.8 Å². The normalized spacial score (nSPS) is 12.9. The summed E-state index contributed by atoms with van der Waals surface area (Å²) in [5, 5.41) is 18.6. The summed E-state index contributed by atoms with van der Waals surface area (Å²) in [7, 11) is 0. The molecule has 0 radical (unpaired) electrons. The van der Waals surface area contributed by atoms with E-state index in [4.69, 9.17) is 53.0 Å². The molecule has 0 saturated carbocycles. The molecular formula is C30H40Cl2N6O8. The molecule has 46 heavy (non-hydrogen) atoms. The molecule has 2 aromatic heterocycles. The van der Waals surface area contributed by atoms with E-state index in [2.05, 4.69) is 10.3 Å². The van der Waals surface area contributed by atoms with Crippen LogP contribution in [0.1, 0.15) is 24.1 Å². The zero-order chi connectivity index (χ0) is 32.9. The number of carbonyl (C=O) groups is 3. The predicted octanol–water partition coefficient (Wildman–Crippen LogP) is 1.66. The van der Waals surface area contributed by atoms with Crippen LogP contribution in [0.25, 0.3) is 22.2 Å². The first-order valence-corrected chi connectivity index (χ1v) is 15.8. The summed E-state index contributed by atoms with van der Waals surface area (Å²) >= 11 is 13.0. The Morgan fingerprint density at radius 1 is 1.00 bits per heavy atom. The Labute approximate surface area is 276 Å². The lowest BCUT2D eigenvalue weighted by atomic mass is 9.99. The highest BCUT2D eigenvalue weighted by Gasteiger charge is 2.27. The smallest absolute Gasteiger partial charge is 0.248 e. The van der Waals surface area contributed by atoms with Crippen molar-refractivity contribution < 1.29 is 38.4 Å². The second-order valence-electron chi connectivity index (χ2n) is 10.5. The number of fused-ring (bicyclic) bond motifs is 3. The molecule has 252 valence electrons. The van der Waals surface area contributed by atoms with Gasteiger partial charge >= 0.3 is 0 Å². The van der Waals surface area contributed by atoms with Crippen LogP contribution in [0.4, 0.5) is 0 Å². The molecule has 5 N–H and O–H groups in total. The molecule has 0 saturated heterocycles. The number of aromatic nitrogens is 3. The maximum atomic E-state index is 12.2. The molecule has 0 fully saturated rings.